The van der Waals surface area contributed by atoms with Gasteiger partial charge >= 0.3 is 0 Å². The Kier molecular flexibility index (Phi) is 5.17. The van der Waals surface area contributed by atoms with Crippen molar-refractivity contribution >= 4 is 21.7 Å². The number of rotatable bonds is 5. The fourth-order valence-corrected chi connectivity index (χ4v) is 4.31. The van der Waals surface area contributed by atoms with E-state index in [1.54, 1.807) is 0 Å². The Morgan fingerprint density at radius 3 is 3.05 bits per heavy atom. The lowest BCUT2D eigenvalue weighted by Gasteiger charge is -2.33. The van der Waals surface area contributed by atoms with Crippen molar-refractivity contribution in [1.29, 1.82) is 0 Å². The first-order valence-corrected chi connectivity index (χ1v) is 9.20. The molecule has 0 spiro atoms. The Balaban J connectivity index is 1.80. The van der Waals surface area contributed by atoms with Gasteiger partial charge in [0.1, 0.15) is 5.82 Å². The van der Waals surface area contributed by atoms with Gasteiger partial charge in [0.25, 0.3) is 0 Å². The summed E-state index contributed by atoms with van der Waals surface area (Å²) in [6.45, 7) is 5.38. The molecule has 1 saturated heterocycles. The Bertz CT molecular complexity index is 477. The van der Waals surface area contributed by atoms with E-state index >= 15 is 0 Å². The van der Waals surface area contributed by atoms with E-state index in [4.69, 9.17) is 4.98 Å². The minimum atomic E-state index is 0.734. The van der Waals surface area contributed by atoms with E-state index in [0.717, 1.165) is 29.5 Å². The number of nitrogens with one attached hydrogen (secondary N) is 1. The summed E-state index contributed by atoms with van der Waals surface area (Å²) in [5.41, 5.74) is 1.34. The van der Waals surface area contributed by atoms with E-state index in [0.29, 0.717) is 0 Å². The zero-order valence-corrected chi connectivity index (χ0v) is 14.5. The average molecular weight is 352 g/mol. The van der Waals surface area contributed by atoms with Gasteiger partial charge in [0.05, 0.1) is 0 Å². The molecule has 116 valence electrons. The summed E-state index contributed by atoms with van der Waals surface area (Å²) in [5.74, 6) is 2.12. The van der Waals surface area contributed by atoms with Crippen LogP contribution in [0.5, 0.6) is 0 Å². The van der Waals surface area contributed by atoms with Crippen molar-refractivity contribution in [2.75, 3.05) is 18.0 Å². The van der Waals surface area contributed by atoms with Gasteiger partial charge in [-0.1, -0.05) is 19.8 Å². The summed E-state index contributed by atoms with van der Waals surface area (Å²) in [7, 11) is 0. The van der Waals surface area contributed by atoms with Crippen LogP contribution in [0, 0.1) is 5.92 Å². The third-order valence-corrected chi connectivity index (χ3v) is 5.37. The Labute approximate surface area is 136 Å². The summed E-state index contributed by atoms with van der Waals surface area (Å²) in [5, 5.41) is 3.53. The first-order chi connectivity index (χ1) is 10.3. The van der Waals surface area contributed by atoms with Crippen molar-refractivity contribution in [1.82, 2.24) is 10.3 Å². The van der Waals surface area contributed by atoms with Crippen LogP contribution in [-0.2, 0) is 6.54 Å². The largest absolute Gasteiger partial charge is 0.353 e. The lowest BCUT2D eigenvalue weighted by atomic mass is 9.85. The van der Waals surface area contributed by atoms with Crippen LogP contribution < -0.4 is 10.2 Å². The van der Waals surface area contributed by atoms with Crippen LogP contribution >= 0.6 is 15.9 Å². The molecule has 1 saturated carbocycles. The number of hydrogen-bond acceptors (Lipinski definition) is 3. The van der Waals surface area contributed by atoms with Gasteiger partial charge in [-0.15, -0.1) is 0 Å². The fourth-order valence-electron chi connectivity index (χ4n) is 3.93. The van der Waals surface area contributed by atoms with E-state index in [1.165, 1.54) is 56.5 Å². The lowest BCUT2D eigenvalue weighted by molar-refractivity contribution is 0.341. The molecule has 2 heterocycles. The summed E-state index contributed by atoms with van der Waals surface area (Å²) < 4.78 is 1.08. The maximum atomic E-state index is 4.77. The van der Waals surface area contributed by atoms with Gasteiger partial charge in [0.15, 0.2) is 0 Å². The van der Waals surface area contributed by atoms with Crippen molar-refractivity contribution in [3.63, 3.8) is 0 Å². The molecule has 1 aliphatic carbocycles. The molecule has 3 rings (SSSR count). The highest BCUT2D eigenvalue weighted by molar-refractivity contribution is 9.10. The third kappa shape index (κ3) is 3.42. The van der Waals surface area contributed by atoms with E-state index in [-0.39, 0.29) is 0 Å². The van der Waals surface area contributed by atoms with Crippen molar-refractivity contribution in [3.8, 4) is 0 Å². The quantitative estimate of drug-likeness (QED) is 0.809. The zero-order chi connectivity index (χ0) is 14.7. The molecule has 0 amide bonds. The van der Waals surface area contributed by atoms with Gasteiger partial charge in [0, 0.05) is 35.4 Å². The van der Waals surface area contributed by atoms with Crippen LogP contribution in [0.3, 0.4) is 0 Å². The predicted molar refractivity (Wildman–Crippen MR) is 91.6 cm³/mol. The molecule has 4 heteroatoms. The van der Waals surface area contributed by atoms with Crippen LogP contribution in [0.2, 0.25) is 0 Å². The van der Waals surface area contributed by atoms with Crippen LogP contribution in [-0.4, -0.2) is 24.1 Å². The summed E-state index contributed by atoms with van der Waals surface area (Å²) >= 11 is 3.57. The van der Waals surface area contributed by atoms with Crippen molar-refractivity contribution in [2.24, 2.45) is 5.92 Å². The average Bonchev–Trinajstić information content (AvgIpc) is 2.92. The van der Waals surface area contributed by atoms with Crippen LogP contribution in [0.1, 0.15) is 51.0 Å². The molecule has 2 fully saturated rings. The third-order valence-electron chi connectivity index (χ3n) is 4.93. The number of fused-ring (bicyclic) bond motifs is 1. The SMILES string of the molecule is CCCNCc1cc(Br)cnc1N1CCC2CCCCC21. The summed E-state index contributed by atoms with van der Waals surface area (Å²) in [4.78, 5) is 7.37. The van der Waals surface area contributed by atoms with Crippen molar-refractivity contribution < 1.29 is 0 Å². The molecular formula is C17H26BrN3. The monoisotopic (exact) mass is 351 g/mol. The number of aromatic nitrogens is 1. The molecule has 2 atom stereocenters. The van der Waals surface area contributed by atoms with Crippen molar-refractivity contribution in [3.05, 3.63) is 22.3 Å². The highest BCUT2D eigenvalue weighted by Crippen LogP contribution is 2.39. The number of pyridine rings is 1. The number of anilines is 1. The second kappa shape index (κ2) is 7.10. The maximum absolute atomic E-state index is 4.77. The molecule has 21 heavy (non-hydrogen) atoms. The molecule has 0 radical (unpaired) electrons. The van der Waals surface area contributed by atoms with E-state index in [2.05, 4.69) is 39.1 Å². The molecule has 2 aliphatic rings. The van der Waals surface area contributed by atoms with E-state index in [1.807, 2.05) is 6.20 Å². The summed E-state index contributed by atoms with van der Waals surface area (Å²) in [6, 6.07) is 2.97. The second-order valence-corrected chi connectivity index (χ2v) is 7.32. The van der Waals surface area contributed by atoms with E-state index < -0.39 is 0 Å². The molecule has 0 aromatic carbocycles. The topological polar surface area (TPSA) is 28.2 Å². The normalized spacial score (nSPS) is 25.1. The minimum Gasteiger partial charge on any atom is -0.353 e. The molecule has 0 bridgehead atoms. The maximum Gasteiger partial charge on any atom is 0.133 e. The zero-order valence-electron chi connectivity index (χ0n) is 12.9. The van der Waals surface area contributed by atoms with Gasteiger partial charge in [0.2, 0.25) is 0 Å². The van der Waals surface area contributed by atoms with Crippen LogP contribution in [0.4, 0.5) is 5.82 Å². The van der Waals surface area contributed by atoms with Crippen molar-refractivity contribution in [2.45, 2.75) is 58.0 Å². The molecule has 1 N–H and O–H groups in total. The minimum absolute atomic E-state index is 0.734. The molecule has 2 unspecified atom stereocenters. The summed E-state index contributed by atoms with van der Waals surface area (Å²) in [6.07, 6.45) is 10.1. The van der Waals surface area contributed by atoms with Gasteiger partial charge < -0.3 is 10.2 Å². The van der Waals surface area contributed by atoms with Crippen LogP contribution in [0.15, 0.2) is 16.7 Å². The first-order valence-electron chi connectivity index (χ1n) is 8.41. The van der Waals surface area contributed by atoms with Gasteiger partial charge in [-0.05, 0) is 60.1 Å². The Morgan fingerprint density at radius 2 is 2.19 bits per heavy atom. The molecule has 3 nitrogen and oxygen atoms in total. The smallest absolute Gasteiger partial charge is 0.133 e. The molecule has 1 aromatic rings. The first kappa shape index (κ1) is 15.3. The molecule has 1 aromatic heterocycles. The highest BCUT2D eigenvalue weighted by atomic mass is 79.9. The lowest BCUT2D eigenvalue weighted by Crippen LogP contribution is -2.36. The number of nitrogens with zero attached hydrogens (tertiary/aromatic N) is 2. The highest BCUT2D eigenvalue weighted by Gasteiger charge is 2.36. The number of hydrogen-bond donors (Lipinski definition) is 1. The fraction of sp³-hybridized carbons (Fsp3) is 0.706. The molecular weight excluding hydrogens is 326 g/mol. The van der Waals surface area contributed by atoms with Gasteiger partial charge in [-0.3, -0.25) is 0 Å². The Hall–Kier alpha value is -0.610. The number of halogens is 1. The predicted octanol–water partition coefficient (Wildman–Crippen LogP) is 4.11. The second-order valence-electron chi connectivity index (χ2n) is 6.41. The van der Waals surface area contributed by atoms with E-state index in [9.17, 15) is 0 Å². The van der Waals surface area contributed by atoms with Gasteiger partial charge in [-0.2, -0.15) is 0 Å². The standard InChI is InChI=1S/C17H26BrN3/c1-2-8-19-11-14-10-15(18)12-20-17(14)21-9-7-13-5-3-4-6-16(13)21/h10,12-13,16,19H,2-9,11H2,1H3. The van der Waals surface area contributed by atoms with Gasteiger partial charge in [-0.25, -0.2) is 4.98 Å². The molecule has 1 aliphatic heterocycles. The van der Waals surface area contributed by atoms with Crippen LogP contribution in [0.25, 0.3) is 0 Å². The Morgan fingerprint density at radius 1 is 1.33 bits per heavy atom.